The van der Waals surface area contributed by atoms with Crippen LogP contribution in [0.3, 0.4) is 0 Å². The zero-order valence-corrected chi connectivity index (χ0v) is 18.7. The number of nitrogens with one attached hydrogen (secondary N) is 1. The molecule has 2 fully saturated rings. The number of hydrazine groups is 1. The number of hydrogen-bond donors (Lipinski definition) is 1. The lowest BCUT2D eigenvalue weighted by Gasteiger charge is -2.40. The van der Waals surface area contributed by atoms with Crippen molar-refractivity contribution in [2.24, 2.45) is 0 Å². The predicted octanol–water partition coefficient (Wildman–Crippen LogP) is 4.53. The SMILES string of the molecule is O=C(Cc1csc2nc(-c3ccc(Cl)cc3)cn12)NN1C(=O)CSC12CCCCC2. The number of rotatable bonds is 4. The van der Waals surface area contributed by atoms with Crippen molar-refractivity contribution < 1.29 is 9.59 Å². The number of thioether (sulfide) groups is 1. The molecule has 6 nitrogen and oxygen atoms in total. The Kier molecular flexibility index (Phi) is 5.24. The van der Waals surface area contributed by atoms with Crippen LogP contribution in [0.25, 0.3) is 16.2 Å². The van der Waals surface area contributed by atoms with Crippen LogP contribution in [0.15, 0.2) is 35.8 Å². The van der Waals surface area contributed by atoms with Crippen LogP contribution in [-0.2, 0) is 16.0 Å². The number of aromatic nitrogens is 2. The number of thiazole rings is 1. The molecule has 2 aliphatic rings. The molecule has 0 bridgehead atoms. The van der Waals surface area contributed by atoms with Crippen molar-refractivity contribution in [1.82, 2.24) is 19.8 Å². The Labute approximate surface area is 187 Å². The van der Waals surface area contributed by atoms with Gasteiger partial charge in [0.15, 0.2) is 4.96 Å². The molecule has 9 heteroatoms. The van der Waals surface area contributed by atoms with Crippen LogP contribution in [0.4, 0.5) is 0 Å². The summed E-state index contributed by atoms with van der Waals surface area (Å²) < 4.78 is 1.95. The van der Waals surface area contributed by atoms with E-state index in [-0.39, 0.29) is 23.1 Å². The van der Waals surface area contributed by atoms with Gasteiger partial charge >= 0.3 is 0 Å². The number of carbonyl (C=O) groups excluding carboxylic acids is 2. The molecule has 1 saturated heterocycles. The first-order chi connectivity index (χ1) is 14.5. The van der Waals surface area contributed by atoms with Gasteiger partial charge in [-0.1, -0.05) is 43.0 Å². The lowest BCUT2D eigenvalue weighted by Crippen LogP contribution is -2.55. The van der Waals surface area contributed by atoms with E-state index in [9.17, 15) is 9.59 Å². The first kappa shape index (κ1) is 19.9. The first-order valence-electron chi connectivity index (χ1n) is 10.0. The number of imidazole rings is 1. The minimum Gasteiger partial charge on any atom is -0.294 e. The molecule has 30 heavy (non-hydrogen) atoms. The first-order valence-corrected chi connectivity index (χ1v) is 12.3. The summed E-state index contributed by atoms with van der Waals surface area (Å²) in [6, 6.07) is 7.54. The van der Waals surface area contributed by atoms with Crippen molar-refractivity contribution in [3.05, 3.63) is 46.6 Å². The van der Waals surface area contributed by atoms with Crippen molar-refractivity contribution in [1.29, 1.82) is 0 Å². The monoisotopic (exact) mass is 460 g/mol. The van der Waals surface area contributed by atoms with Crippen LogP contribution < -0.4 is 5.43 Å². The third kappa shape index (κ3) is 3.61. The topological polar surface area (TPSA) is 66.7 Å². The third-order valence-electron chi connectivity index (χ3n) is 5.76. The maximum absolute atomic E-state index is 12.8. The van der Waals surface area contributed by atoms with E-state index >= 15 is 0 Å². The highest BCUT2D eigenvalue weighted by atomic mass is 35.5. The molecule has 5 rings (SSSR count). The summed E-state index contributed by atoms with van der Waals surface area (Å²) in [6.07, 6.45) is 7.41. The van der Waals surface area contributed by atoms with Crippen LogP contribution in [0.2, 0.25) is 5.02 Å². The molecule has 0 atom stereocenters. The van der Waals surface area contributed by atoms with Gasteiger partial charge in [0.25, 0.3) is 5.91 Å². The van der Waals surface area contributed by atoms with Crippen LogP contribution in [0.5, 0.6) is 0 Å². The minimum absolute atomic E-state index is 0.00151. The number of benzene rings is 1. The highest BCUT2D eigenvalue weighted by molar-refractivity contribution is 8.01. The van der Waals surface area contributed by atoms with Gasteiger partial charge in [0, 0.05) is 27.9 Å². The second-order valence-electron chi connectivity index (χ2n) is 7.75. The fourth-order valence-electron chi connectivity index (χ4n) is 4.23. The molecular formula is C21H21ClN4O2S2. The summed E-state index contributed by atoms with van der Waals surface area (Å²) in [7, 11) is 0. The Morgan fingerprint density at radius 1 is 1.20 bits per heavy atom. The van der Waals surface area contributed by atoms with Gasteiger partial charge in [0.05, 0.1) is 17.9 Å². The number of fused-ring (bicyclic) bond motifs is 1. The van der Waals surface area contributed by atoms with E-state index in [4.69, 9.17) is 11.6 Å². The van der Waals surface area contributed by atoms with Gasteiger partial charge in [-0.2, -0.15) is 0 Å². The maximum Gasteiger partial charge on any atom is 0.252 e. The normalized spacial score (nSPS) is 18.4. The van der Waals surface area contributed by atoms with Crippen molar-refractivity contribution in [3.63, 3.8) is 0 Å². The zero-order chi connectivity index (χ0) is 20.7. The van der Waals surface area contributed by atoms with Gasteiger partial charge in [-0.05, 0) is 25.0 Å². The molecule has 1 aromatic carbocycles. The van der Waals surface area contributed by atoms with Gasteiger partial charge in [-0.15, -0.1) is 23.1 Å². The molecule has 156 valence electrons. The Bertz CT molecular complexity index is 1100. The number of hydrogen-bond acceptors (Lipinski definition) is 5. The van der Waals surface area contributed by atoms with Crippen molar-refractivity contribution in [2.75, 3.05) is 5.75 Å². The Hall–Kier alpha value is -2.03. The lowest BCUT2D eigenvalue weighted by atomic mass is 9.94. The number of amides is 2. The molecule has 1 saturated carbocycles. The second kappa shape index (κ2) is 7.90. The average Bonchev–Trinajstić information content (AvgIpc) is 3.41. The Morgan fingerprint density at radius 3 is 2.73 bits per heavy atom. The standard InChI is InChI=1S/C21H21ClN4O2S2/c22-15-6-4-14(5-7-15)17-11-25-16(12-29-20(25)23-17)10-18(27)24-26-19(28)13-30-21(26)8-2-1-3-9-21/h4-7,11-12H,1-3,8-10,13H2,(H,24,27). The van der Waals surface area contributed by atoms with E-state index in [2.05, 4.69) is 10.4 Å². The highest BCUT2D eigenvalue weighted by Gasteiger charge is 2.47. The Morgan fingerprint density at radius 2 is 1.97 bits per heavy atom. The van der Waals surface area contributed by atoms with E-state index < -0.39 is 0 Å². The molecule has 0 radical (unpaired) electrons. The van der Waals surface area contributed by atoms with Crippen LogP contribution >= 0.6 is 34.7 Å². The molecule has 2 amide bonds. The fourth-order valence-corrected chi connectivity index (χ4v) is 6.61. The molecule has 1 N–H and O–H groups in total. The smallest absolute Gasteiger partial charge is 0.252 e. The molecule has 1 aliphatic heterocycles. The van der Waals surface area contributed by atoms with Gasteiger partial charge in [0.1, 0.15) is 4.87 Å². The molecule has 3 heterocycles. The molecular weight excluding hydrogens is 440 g/mol. The van der Waals surface area contributed by atoms with E-state index in [0.29, 0.717) is 10.8 Å². The second-order valence-corrected chi connectivity index (χ2v) is 10.4. The van der Waals surface area contributed by atoms with Crippen LogP contribution in [0, 0.1) is 0 Å². The zero-order valence-electron chi connectivity index (χ0n) is 16.3. The minimum atomic E-state index is -0.258. The van der Waals surface area contributed by atoms with Crippen LogP contribution in [0.1, 0.15) is 37.8 Å². The lowest BCUT2D eigenvalue weighted by molar-refractivity contribution is -0.142. The summed E-state index contributed by atoms with van der Waals surface area (Å²) in [6.45, 7) is 0. The van der Waals surface area contributed by atoms with Gasteiger partial charge < -0.3 is 0 Å². The molecule has 2 aromatic heterocycles. The quantitative estimate of drug-likeness (QED) is 0.621. The summed E-state index contributed by atoms with van der Waals surface area (Å²) in [5.41, 5.74) is 5.59. The van der Waals surface area contributed by atoms with Gasteiger partial charge in [0.2, 0.25) is 5.91 Å². The summed E-state index contributed by atoms with van der Waals surface area (Å²) in [5.74, 6) is 0.269. The summed E-state index contributed by atoms with van der Waals surface area (Å²) in [4.78, 5) is 30.5. The van der Waals surface area contributed by atoms with Crippen LogP contribution in [-0.4, -0.2) is 36.8 Å². The summed E-state index contributed by atoms with van der Waals surface area (Å²) in [5, 5.41) is 4.25. The average molecular weight is 461 g/mol. The number of nitrogens with zero attached hydrogens (tertiary/aromatic N) is 3. The van der Waals surface area contributed by atoms with E-state index in [1.54, 1.807) is 16.8 Å². The van der Waals surface area contributed by atoms with Gasteiger partial charge in [-0.25, -0.2) is 9.99 Å². The molecule has 3 aromatic rings. The third-order valence-corrected chi connectivity index (χ3v) is 8.42. The Balaban J connectivity index is 1.33. The largest absolute Gasteiger partial charge is 0.294 e. The van der Waals surface area contributed by atoms with E-state index in [0.717, 1.165) is 47.6 Å². The van der Waals surface area contributed by atoms with Crippen molar-refractivity contribution >= 4 is 51.5 Å². The summed E-state index contributed by atoms with van der Waals surface area (Å²) >= 11 is 9.15. The van der Waals surface area contributed by atoms with Gasteiger partial charge in [-0.3, -0.25) is 19.4 Å². The van der Waals surface area contributed by atoms with Crippen molar-refractivity contribution in [2.45, 2.75) is 43.4 Å². The number of halogens is 1. The van der Waals surface area contributed by atoms with Crippen molar-refractivity contribution in [3.8, 4) is 11.3 Å². The fraction of sp³-hybridized carbons (Fsp3) is 0.381. The van der Waals surface area contributed by atoms with E-state index in [1.807, 2.05) is 40.2 Å². The molecule has 1 aliphatic carbocycles. The predicted molar refractivity (Wildman–Crippen MR) is 120 cm³/mol. The maximum atomic E-state index is 12.8. The van der Waals surface area contributed by atoms with E-state index in [1.165, 1.54) is 17.8 Å². The highest BCUT2D eigenvalue weighted by Crippen LogP contribution is 2.46. The molecule has 0 unspecified atom stereocenters. The number of carbonyl (C=O) groups is 2. The molecule has 1 spiro atoms.